The summed E-state index contributed by atoms with van der Waals surface area (Å²) < 4.78 is 20.3. The number of nitrogens with one attached hydrogen (secondary N) is 2. The Labute approximate surface area is 238 Å². The molecule has 16 heteroatoms. The number of likely N-dealkylation sites (N-methyl/N-ethyl adjacent to an activating group) is 1. The lowest BCUT2D eigenvalue weighted by molar-refractivity contribution is -0.426. The fourth-order valence-electron chi connectivity index (χ4n) is 4.95. The van der Waals surface area contributed by atoms with Crippen molar-refractivity contribution >= 4 is 23.8 Å². The van der Waals surface area contributed by atoms with Gasteiger partial charge in [0.1, 0.15) is 5.82 Å². The van der Waals surface area contributed by atoms with Crippen LogP contribution in [0.15, 0.2) is 36.4 Å². The Morgan fingerprint density at radius 1 is 1.12 bits per heavy atom. The van der Waals surface area contributed by atoms with Gasteiger partial charge in [-0.3, -0.25) is 19.3 Å². The second kappa shape index (κ2) is 11.3. The van der Waals surface area contributed by atoms with E-state index in [0.717, 1.165) is 13.1 Å². The van der Waals surface area contributed by atoms with E-state index in [1.807, 2.05) is 0 Å². The zero-order valence-corrected chi connectivity index (χ0v) is 22.3. The van der Waals surface area contributed by atoms with Gasteiger partial charge in [-0.1, -0.05) is 18.2 Å². The zero-order chi connectivity index (χ0) is 31.1. The lowest BCUT2D eigenvalue weighted by atomic mass is 9.91. The van der Waals surface area contributed by atoms with E-state index in [9.17, 15) is 54.5 Å². The molecule has 2 amide bonds. The second-order valence-electron chi connectivity index (χ2n) is 9.94. The van der Waals surface area contributed by atoms with Crippen LogP contribution in [0, 0.1) is 5.82 Å². The van der Waals surface area contributed by atoms with Gasteiger partial charge in [0, 0.05) is 44.5 Å². The summed E-state index contributed by atoms with van der Waals surface area (Å²) in [5.74, 6) is -16.7. The van der Waals surface area contributed by atoms with Gasteiger partial charge < -0.3 is 51.1 Å². The van der Waals surface area contributed by atoms with Gasteiger partial charge in [0.2, 0.25) is 0 Å². The van der Waals surface area contributed by atoms with Gasteiger partial charge in [-0.2, -0.15) is 0 Å². The molecule has 2 heterocycles. The predicted molar refractivity (Wildman–Crippen MR) is 138 cm³/mol. The average Bonchev–Trinajstić information content (AvgIpc) is 3.17. The second-order valence-corrected chi connectivity index (χ2v) is 9.94. The molecule has 0 bridgehead atoms. The first kappa shape index (κ1) is 31.4. The number of aldehydes is 1. The van der Waals surface area contributed by atoms with Crippen LogP contribution in [0.5, 0.6) is 0 Å². The maximum Gasteiger partial charge on any atom is 0.287 e. The monoisotopic (exact) mass is 594 g/mol. The molecule has 4 rings (SSSR count). The molecule has 0 saturated carbocycles. The number of anilines is 1. The highest BCUT2D eigenvalue weighted by atomic mass is 19.1. The molecule has 0 aliphatic carbocycles. The largest absolute Gasteiger partial charge is 0.380 e. The topological polar surface area (TPSA) is 233 Å². The molecule has 0 radical (unpaired) electrons. The Morgan fingerprint density at radius 3 is 2.38 bits per heavy atom. The third-order valence-electron chi connectivity index (χ3n) is 7.27. The van der Waals surface area contributed by atoms with Crippen molar-refractivity contribution in [3.05, 3.63) is 64.5 Å². The highest BCUT2D eigenvalue weighted by molar-refractivity contribution is 6.04. The highest BCUT2D eigenvalue weighted by Gasteiger charge is 2.74. The smallest absolute Gasteiger partial charge is 0.287 e. The van der Waals surface area contributed by atoms with E-state index in [0.29, 0.717) is 38.4 Å². The molecule has 2 aromatic rings. The maximum absolute atomic E-state index is 15.0. The van der Waals surface area contributed by atoms with Crippen molar-refractivity contribution < 1.29 is 59.3 Å². The van der Waals surface area contributed by atoms with Gasteiger partial charge in [-0.25, -0.2) is 9.29 Å². The number of benzene rings is 2. The van der Waals surface area contributed by atoms with Crippen molar-refractivity contribution in [1.29, 1.82) is 0 Å². The fraction of sp³-hybridized carbons (Fsp3) is 0.423. The van der Waals surface area contributed by atoms with Gasteiger partial charge in [0.25, 0.3) is 35.0 Å². The number of hydrogen-bond donors (Lipinski definition) is 9. The van der Waals surface area contributed by atoms with Crippen molar-refractivity contribution in [2.75, 3.05) is 38.7 Å². The summed E-state index contributed by atoms with van der Waals surface area (Å²) in [6.07, 6.45) is -0.862. The fourth-order valence-corrected chi connectivity index (χ4v) is 4.95. The number of carbonyl (C=O) groups is 3. The van der Waals surface area contributed by atoms with Crippen molar-refractivity contribution in [3.63, 3.8) is 0 Å². The van der Waals surface area contributed by atoms with Crippen molar-refractivity contribution in [1.82, 2.24) is 15.1 Å². The first-order chi connectivity index (χ1) is 19.6. The Hall–Kier alpha value is -3.58. The average molecular weight is 595 g/mol. The summed E-state index contributed by atoms with van der Waals surface area (Å²) in [5, 5.41) is 78.5. The quantitative estimate of drug-likeness (QED) is 0.0976. The maximum atomic E-state index is 15.0. The summed E-state index contributed by atoms with van der Waals surface area (Å²) in [4.78, 5) is 38.8. The van der Waals surface area contributed by atoms with Crippen molar-refractivity contribution in [2.45, 2.75) is 36.3 Å². The van der Waals surface area contributed by atoms with Crippen LogP contribution < -0.4 is 10.6 Å². The summed E-state index contributed by atoms with van der Waals surface area (Å²) in [5.41, 5.74) is -4.90. The number of ether oxygens (including phenoxy) is 1. The van der Waals surface area contributed by atoms with E-state index in [2.05, 4.69) is 10.2 Å². The molecule has 1 saturated heterocycles. The van der Waals surface area contributed by atoms with Crippen LogP contribution in [0.2, 0.25) is 0 Å². The Balaban J connectivity index is 1.66. The molecule has 2 aliphatic heterocycles. The number of halogens is 1. The zero-order valence-electron chi connectivity index (χ0n) is 22.3. The molecule has 1 unspecified atom stereocenters. The Morgan fingerprint density at radius 2 is 1.79 bits per heavy atom. The number of rotatable bonds is 10. The molecule has 9 N–H and O–H groups in total. The van der Waals surface area contributed by atoms with Crippen LogP contribution in [0.4, 0.5) is 10.1 Å². The normalized spacial score (nSPS) is 18.8. The standard InChI is InChI=1S/C26H31FN4O11/c1-28-22(34)24(37,26(40,41)23(35,36)14-32)31-21(33)17-3-2-4-19(20(17)25(31,38)39)29-12-16-6-5-15(11-18(16)27)13-30-7-9-42-10-8-30/h2-6,11,14,29,35-41H,7-10,12-13H2,1H3,(H,28,34). The minimum absolute atomic E-state index is 0.156. The molecule has 0 spiro atoms. The minimum atomic E-state index is -4.62. The molecular weight excluding hydrogens is 563 g/mol. The van der Waals surface area contributed by atoms with Crippen LogP contribution in [0.3, 0.4) is 0 Å². The van der Waals surface area contributed by atoms with Crippen LogP contribution in [0.25, 0.3) is 0 Å². The van der Waals surface area contributed by atoms with Gasteiger partial charge in [0.15, 0.2) is 6.29 Å². The number of fused-ring (bicyclic) bond motifs is 1. The van der Waals surface area contributed by atoms with Crippen LogP contribution in [0.1, 0.15) is 27.0 Å². The lowest BCUT2D eigenvalue weighted by Crippen LogP contribution is -2.81. The molecular formula is C26H31FN4O11. The number of morpholine rings is 1. The first-order valence-corrected chi connectivity index (χ1v) is 12.7. The highest BCUT2D eigenvalue weighted by Crippen LogP contribution is 2.47. The number of nitrogens with zero attached hydrogens (tertiary/aromatic N) is 2. The molecule has 228 valence electrons. The molecule has 0 aromatic heterocycles. The molecule has 2 aliphatic rings. The first-order valence-electron chi connectivity index (χ1n) is 12.7. The number of amides is 2. The van der Waals surface area contributed by atoms with Gasteiger partial charge in [0.05, 0.1) is 24.3 Å². The van der Waals surface area contributed by atoms with Gasteiger partial charge >= 0.3 is 0 Å². The predicted octanol–water partition coefficient (Wildman–Crippen LogP) is -3.18. The van der Waals surface area contributed by atoms with Crippen LogP contribution >= 0.6 is 0 Å². The van der Waals surface area contributed by atoms with E-state index >= 15 is 0 Å². The SMILES string of the molecule is CNC(=O)C(O)(N1C(=O)c2cccc(NCc3ccc(CN4CCOCC4)cc3F)c2C1(O)O)C(O)(O)C(O)(O)C=O. The third-order valence-corrected chi connectivity index (χ3v) is 7.27. The summed E-state index contributed by atoms with van der Waals surface area (Å²) in [7, 11) is 0.832. The molecule has 42 heavy (non-hydrogen) atoms. The summed E-state index contributed by atoms with van der Waals surface area (Å²) in [6.45, 7) is 2.85. The molecule has 15 nitrogen and oxygen atoms in total. The van der Waals surface area contributed by atoms with Crippen molar-refractivity contribution in [2.24, 2.45) is 0 Å². The summed E-state index contributed by atoms with van der Waals surface area (Å²) in [6, 6.07) is 8.13. The Kier molecular flexibility index (Phi) is 8.40. The van der Waals surface area contributed by atoms with Gasteiger partial charge in [-0.15, -0.1) is 0 Å². The van der Waals surface area contributed by atoms with Crippen LogP contribution in [-0.4, -0.2) is 114 Å². The van der Waals surface area contributed by atoms with E-state index < -0.39 is 63.2 Å². The number of aliphatic hydroxyl groups is 7. The lowest BCUT2D eigenvalue weighted by Gasteiger charge is -2.48. The van der Waals surface area contributed by atoms with E-state index in [1.54, 1.807) is 11.4 Å². The van der Waals surface area contributed by atoms with Crippen molar-refractivity contribution in [3.8, 4) is 0 Å². The van der Waals surface area contributed by atoms with Crippen LogP contribution in [-0.2, 0) is 33.3 Å². The number of carbonyl (C=O) groups excluding carboxylic acids is 3. The Bertz CT molecular complexity index is 1380. The van der Waals surface area contributed by atoms with Gasteiger partial charge in [-0.05, 0) is 23.8 Å². The number of hydrogen-bond acceptors (Lipinski definition) is 13. The molecule has 1 atom stereocenters. The summed E-state index contributed by atoms with van der Waals surface area (Å²) >= 11 is 0. The molecule has 1 fully saturated rings. The molecule has 2 aromatic carbocycles. The van der Waals surface area contributed by atoms with E-state index in [-0.39, 0.29) is 17.8 Å². The minimum Gasteiger partial charge on any atom is -0.380 e. The third kappa shape index (κ3) is 5.02. The van der Waals surface area contributed by atoms with E-state index in [4.69, 9.17) is 4.74 Å². The van der Waals surface area contributed by atoms with E-state index in [1.165, 1.54) is 24.3 Å².